The van der Waals surface area contributed by atoms with Gasteiger partial charge in [-0.15, -0.1) is 0 Å². The number of hydrogen-bond donors (Lipinski definition) is 1. The Bertz CT molecular complexity index is 1480. The quantitative estimate of drug-likeness (QED) is 0.423. The molecule has 1 aromatic heterocycles. The number of carbonyl (C=O) groups is 1. The first-order chi connectivity index (χ1) is 17.0. The number of nitrogens with zero attached hydrogens (tertiary/aromatic N) is 3. The predicted molar refractivity (Wildman–Crippen MR) is 127 cm³/mol. The molecular formula is C27H21FN4O3. The summed E-state index contributed by atoms with van der Waals surface area (Å²) in [5.41, 5.74) is 5.96. The molecule has 3 heterocycles. The van der Waals surface area contributed by atoms with Crippen LogP contribution in [0.3, 0.4) is 0 Å². The van der Waals surface area contributed by atoms with Gasteiger partial charge < -0.3 is 14.8 Å². The molecule has 0 spiro atoms. The van der Waals surface area contributed by atoms with Crippen LogP contribution in [0.1, 0.15) is 44.8 Å². The lowest BCUT2D eigenvalue weighted by atomic mass is 9.84. The molecule has 2 aliphatic rings. The second-order valence-electron chi connectivity index (χ2n) is 8.55. The minimum atomic E-state index is -0.494. The molecule has 35 heavy (non-hydrogen) atoms. The number of nitrogens with one attached hydrogen (secondary N) is 1. The normalized spacial score (nSPS) is 18.0. The number of rotatable bonds is 3. The molecule has 0 aliphatic carbocycles. The van der Waals surface area contributed by atoms with Crippen LogP contribution in [-0.2, 0) is 4.74 Å². The van der Waals surface area contributed by atoms with Gasteiger partial charge in [-0.05, 0) is 54.4 Å². The predicted octanol–water partition coefficient (Wildman–Crippen LogP) is 5.07. The first kappa shape index (κ1) is 21.1. The van der Waals surface area contributed by atoms with E-state index in [2.05, 4.69) is 21.5 Å². The van der Waals surface area contributed by atoms with E-state index in [0.717, 1.165) is 39.3 Å². The van der Waals surface area contributed by atoms with E-state index < -0.39 is 12.1 Å². The number of ether oxygens (including phenoxy) is 2. The third-order valence-corrected chi connectivity index (χ3v) is 6.39. The Balaban J connectivity index is 1.57. The van der Waals surface area contributed by atoms with Crippen LogP contribution in [0.15, 0.2) is 78.6 Å². The first-order valence-electron chi connectivity index (χ1n) is 11.2. The van der Waals surface area contributed by atoms with E-state index >= 15 is 0 Å². The average molecular weight is 468 g/mol. The molecule has 174 valence electrons. The zero-order valence-corrected chi connectivity index (χ0v) is 19.0. The largest absolute Gasteiger partial charge is 0.480 e. The van der Waals surface area contributed by atoms with E-state index in [9.17, 15) is 9.18 Å². The summed E-state index contributed by atoms with van der Waals surface area (Å²) in [6, 6.07) is 19.2. The molecule has 2 atom stereocenters. The van der Waals surface area contributed by atoms with Crippen molar-refractivity contribution in [2.75, 3.05) is 12.4 Å². The Morgan fingerprint density at radius 3 is 2.54 bits per heavy atom. The van der Waals surface area contributed by atoms with Crippen molar-refractivity contribution in [2.24, 2.45) is 0 Å². The van der Waals surface area contributed by atoms with Crippen molar-refractivity contribution in [2.45, 2.75) is 19.1 Å². The topological polar surface area (TPSA) is 78.3 Å². The molecule has 0 saturated carbocycles. The van der Waals surface area contributed by atoms with E-state index in [-0.39, 0.29) is 11.9 Å². The van der Waals surface area contributed by atoms with Crippen LogP contribution in [0.5, 0.6) is 5.75 Å². The number of methoxy groups -OCH3 is 1. The van der Waals surface area contributed by atoms with E-state index in [0.29, 0.717) is 11.5 Å². The van der Waals surface area contributed by atoms with E-state index in [1.165, 1.54) is 25.6 Å². The Morgan fingerprint density at radius 2 is 1.80 bits per heavy atom. The smallest absolute Gasteiger partial charge is 0.337 e. The highest BCUT2D eigenvalue weighted by molar-refractivity contribution is 5.89. The summed E-state index contributed by atoms with van der Waals surface area (Å²) in [7, 11) is 1.35. The monoisotopic (exact) mass is 468 g/mol. The second kappa shape index (κ2) is 8.09. The molecular weight excluding hydrogens is 447 g/mol. The van der Waals surface area contributed by atoms with Crippen molar-refractivity contribution in [1.82, 2.24) is 14.8 Å². The summed E-state index contributed by atoms with van der Waals surface area (Å²) in [5, 5.41) is 7.93. The van der Waals surface area contributed by atoms with Gasteiger partial charge in [0.05, 0.1) is 18.4 Å². The molecule has 0 fully saturated rings. The molecule has 0 unspecified atom stereocenters. The van der Waals surface area contributed by atoms with Gasteiger partial charge in [0.1, 0.15) is 30.0 Å². The SMILES string of the molecule is COC(=O)c1ccc([C@@H]2Oc3ccc(C)cc3C3=C2[C@H](c2ccc(F)cc2)n2ncnc2N3)cc1. The van der Waals surface area contributed by atoms with Crippen LogP contribution in [0, 0.1) is 12.7 Å². The van der Waals surface area contributed by atoms with Gasteiger partial charge in [-0.3, -0.25) is 0 Å². The minimum Gasteiger partial charge on any atom is -0.480 e. The maximum absolute atomic E-state index is 13.8. The van der Waals surface area contributed by atoms with Gasteiger partial charge in [-0.1, -0.05) is 35.9 Å². The average Bonchev–Trinajstić information content (AvgIpc) is 3.36. The third kappa shape index (κ3) is 3.45. The van der Waals surface area contributed by atoms with Gasteiger partial charge in [-0.2, -0.15) is 10.1 Å². The minimum absolute atomic E-state index is 0.313. The Hall–Kier alpha value is -4.46. The highest BCUT2D eigenvalue weighted by Gasteiger charge is 2.41. The van der Waals surface area contributed by atoms with Gasteiger partial charge in [0.15, 0.2) is 0 Å². The molecule has 0 radical (unpaired) electrons. The Kier molecular flexibility index (Phi) is 4.88. The highest BCUT2D eigenvalue weighted by Crippen LogP contribution is 2.50. The van der Waals surface area contributed by atoms with Crippen molar-refractivity contribution < 1.29 is 18.7 Å². The van der Waals surface area contributed by atoms with Gasteiger partial charge >= 0.3 is 5.97 Å². The molecule has 0 amide bonds. The number of aryl methyl sites for hydroxylation is 1. The molecule has 0 bridgehead atoms. The molecule has 8 heteroatoms. The summed E-state index contributed by atoms with van der Waals surface area (Å²) >= 11 is 0. The lowest BCUT2D eigenvalue weighted by molar-refractivity contribution is 0.0600. The number of halogens is 1. The molecule has 0 saturated heterocycles. The van der Waals surface area contributed by atoms with E-state index in [1.807, 2.05) is 31.2 Å². The van der Waals surface area contributed by atoms with Crippen molar-refractivity contribution in [1.29, 1.82) is 0 Å². The lowest BCUT2D eigenvalue weighted by Crippen LogP contribution is -2.32. The second-order valence-corrected chi connectivity index (χ2v) is 8.55. The van der Waals surface area contributed by atoms with Gasteiger partial charge in [-0.25, -0.2) is 13.9 Å². The van der Waals surface area contributed by atoms with Crippen LogP contribution in [0.2, 0.25) is 0 Å². The van der Waals surface area contributed by atoms with Gasteiger partial charge in [0, 0.05) is 11.1 Å². The Morgan fingerprint density at radius 1 is 1.06 bits per heavy atom. The summed E-state index contributed by atoms with van der Waals surface area (Å²) in [6.45, 7) is 2.03. The van der Waals surface area contributed by atoms with Crippen LogP contribution >= 0.6 is 0 Å². The maximum atomic E-state index is 13.8. The highest BCUT2D eigenvalue weighted by atomic mass is 19.1. The molecule has 3 aromatic carbocycles. The number of anilines is 1. The molecule has 1 N–H and O–H groups in total. The van der Waals surface area contributed by atoms with Crippen LogP contribution in [0.25, 0.3) is 5.70 Å². The van der Waals surface area contributed by atoms with Crippen molar-refractivity contribution in [3.63, 3.8) is 0 Å². The molecule has 2 aliphatic heterocycles. The molecule has 6 rings (SSSR count). The summed E-state index contributed by atoms with van der Waals surface area (Å²) in [4.78, 5) is 16.4. The summed E-state index contributed by atoms with van der Waals surface area (Å²) in [5.74, 6) is 0.603. The third-order valence-electron chi connectivity index (χ3n) is 6.39. The van der Waals surface area contributed by atoms with Crippen molar-refractivity contribution in [3.05, 3.63) is 112 Å². The fraction of sp³-hybridized carbons (Fsp3) is 0.148. The first-order valence-corrected chi connectivity index (χ1v) is 11.2. The molecule has 7 nitrogen and oxygen atoms in total. The van der Waals surface area contributed by atoms with Crippen molar-refractivity contribution >= 4 is 17.6 Å². The number of hydrogen-bond acceptors (Lipinski definition) is 6. The fourth-order valence-electron chi connectivity index (χ4n) is 4.74. The standard InChI is InChI=1S/C27H21FN4O3/c1-15-3-12-21-20(13-15)23-22(25(35-21)17-4-6-18(7-5-17)26(33)34-2)24(16-8-10-19(28)11-9-16)32-27(31-23)29-14-30-32/h3-14,24-25H,1-2H3,(H,29,30,31)/t24-,25-/m0/s1. The van der Waals surface area contributed by atoms with Gasteiger partial charge in [0.25, 0.3) is 0 Å². The zero-order chi connectivity index (χ0) is 24.1. The van der Waals surface area contributed by atoms with Crippen LogP contribution < -0.4 is 10.1 Å². The number of fused-ring (bicyclic) bond motifs is 3. The summed E-state index contributed by atoms with van der Waals surface area (Å²) < 4.78 is 27.0. The van der Waals surface area contributed by atoms with E-state index in [4.69, 9.17) is 9.47 Å². The van der Waals surface area contributed by atoms with Gasteiger partial charge in [0.2, 0.25) is 5.95 Å². The summed E-state index contributed by atoms with van der Waals surface area (Å²) in [6.07, 6.45) is 1.00. The van der Waals surface area contributed by atoms with E-state index in [1.54, 1.807) is 28.9 Å². The van der Waals surface area contributed by atoms with Crippen LogP contribution in [0.4, 0.5) is 10.3 Å². The maximum Gasteiger partial charge on any atom is 0.337 e. The number of benzene rings is 3. The lowest BCUT2D eigenvalue weighted by Gasteiger charge is -2.39. The Labute approximate surface area is 200 Å². The molecule has 4 aromatic rings. The number of esters is 1. The fourth-order valence-corrected chi connectivity index (χ4v) is 4.74. The number of carbonyl (C=O) groups excluding carboxylic acids is 1. The van der Waals surface area contributed by atoms with Crippen LogP contribution in [-0.4, -0.2) is 27.8 Å². The number of aromatic nitrogens is 3. The zero-order valence-electron chi connectivity index (χ0n) is 19.0. The van der Waals surface area contributed by atoms with Crippen molar-refractivity contribution in [3.8, 4) is 5.75 Å².